The fraction of sp³-hybridized carbons (Fsp3) is 0.0556. The van der Waals surface area contributed by atoms with E-state index in [1.165, 1.54) is 42.5 Å². The minimum atomic E-state index is -1.23. The summed E-state index contributed by atoms with van der Waals surface area (Å²) < 4.78 is 0. The first kappa shape index (κ1) is 19.5. The normalized spacial score (nSPS) is 15.1. The van der Waals surface area contributed by atoms with Crippen molar-refractivity contribution in [2.45, 2.75) is 6.92 Å². The highest BCUT2D eigenvalue weighted by atomic mass is 35.5. The number of carbonyl (C=O) groups is 2. The van der Waals surface area contributed by atoms with Crippen molar-refractivity contribution >= 4 is 58.2 Å². The van der Waals surface area contributed by atoms with Gasteiger partial charge in [-0.1, -0.05) is 29.3 Å². The van der Waals surface area contributed by atoms with Crippen molar-refractivity contribution in [2.24, 2.45) is 5.10 Å². The van der Waals surface area contributed by atoms with Gasteiger partial charge in [0.2, 0.25) is 0 Å². The zero-order chi connectivity index (χ0) is 20.6. The molecule has 0 radical (unpaired) electrons. The molecule has 0 fully saturated rings. The maximum Gasteiger partial charge on any atom is 0.337 e. The number of halogens is 2. The van der Waals surface area contributed by atoms with Crippen LogP contribution in [-0.2, 0) is 4.79 Å². The lowest BCUT2D eigenvalue weighted by atomic mass is 10.1. The maximum absolute atomic E-state index is 12.8. The van der Waals surface area contributed by atoms with Gasteiger partial charge in [-0.05, 0) is 42.8 Å². The molecule has 1 aliphatic rings. The SMILES string of the molecule is CC1=NN(c2ccc(Cl)c(C(=O)O)c2)C(=O)C1=Cc1ccc(Cl)c([N+](=O)[O-])c1. The van der Waals surface area contributed by atoms with E-state index < -0.39 is 16.8 Å². The molecule has 0 bridgehead atoms. The molecule has 8 nitrogen and oxygen atoms in total. The summed E-state index contributed by atoms with van der Waals surface area (Å²) in [6.07, 6.45) is 1.46. The Morgan fingerprint density at radius 3 is 2.54 bits per heavy atom. The van der Waals surface area contributed by atoms with Crippen molar-refractivity contribution in [3.05, 3.63) is 73.3 Å². The molecule has 1 N–H and O–H groups in total. The largest absolute Gasteiger partial charge is 0.478 e. The highest BCUT2D eigenvalue weighted by Gasteiger charge is 2.29. The number of hydrogen-bond acceptors (Lipinski definition) is 5. The number of amides is 1. The molecule has 0 saturated heterocycles. The lowest BCUT2D eigenvalue weighted by Crippen LogP contribution is -2.21. The van der Waals surface area contributed by atoms with Crippen LogP contribution in [0.1, 0.15) is 22.8 Å². The van der Waals surface area contributed by atoms with Crippen LogP contribution < -0.4 is 5.01 Å². The number of carbonyl (C=O) groups excluding carboxylic acids is 1. The van der Waals surface area contributed by atoms with Gasteiger partial charge in [-0.3, -0.25) is 14.9 Å². The van der Waals surface area contributed by atoms with E-state index in [2.05, 4.69) is 5.10 Å². The van der Waals surface area contributed by atoms with Gasteiger partial charge in [0.25, 0.3) is 11.6 Å². The molecule has 0 aliphatic carbocycles. The van der Waals surface area contributed by atoms with Crippen LogP contribution in [0.15, 0.2) is 47.1 Å². The first-order valence-electron chi connectivity index (χ1n) is 7.77. The fourth-order valence-electron chi connectivity index (χ4n) is 2.59. The number of carboxylic acids is 1. The number of nitrogens with zero attached hydrogens (tertiary/aromatic N) is 3. The fourth-order valence-corrected chi connectivity index (χ4v) is 2.98. The second-order valence-corrected chi connectivity index (χ2v) is 6.61. The van der Waals surface area contributed by atoms with Crippen molar-refractivity contribution in [2.75, 3.05) is 5.01 Å². The number of hydrogen-bond donors (Lipinski definition) is 1. The molecule has 1 amide bonds. The molecular weight excluding hydrogens is 409 g/mol. The predicted molar refractivity (Wildman–Crippen MR) is 105 cm³/mol. The average molecular weight is 420 g/mol. The smallest absolute Gasteiger partial charge is 0.337 e. The molecule has 10 heteroatoms. The Kier molecular flexibility index (Phi) is 5.17. The number of nitro benzene ring substituents is 1. The van der Waals surface area contributed by atoms with Gasteiger partial charge in [-0.25, -0.2) is 4.79 Å². The molecule has 1 aliphatic heterocycles. The lowest BCUT2D eigenvalue weighted by molar-refractivity contribution is -0.384. The monoisotopic (exact) mass is 419 g/mol. The number of aromatic carboxylic acids is 1. The molecule has 2 aromatic carbocycles. The van der Waals surface area contributed by atoms with Gasteiger partial charge >= 0.3 is 5.97 Å². The van der Waals surface area contributed by atoms with Crippen LogP contribution in [0.4, 0.5) is 11.4 Å². The number of rotatable bonds is 4. The van der Waals surface area contributed by atoms with Gasteiger partial charge in [0, 0.05) is 6.07 Å². The summed E-state index contributed by atoms with van der Waals surface area (Å²) in [6, 6.07) is 8.24. The van der Waals surface area contributed by atoms with E-state index >= 15 is 0 Å². The van der Waals surface area contributed by atoms with Crippen LogP contribution in [-0.4, -0.2) is 27.6 Å². The molecule has 3 rings (SSSR count). The van der Waals surface area contributed by atoms with Crippen LogP contribution in [0.5, 0.6) is 0 Å². The third-order valence-corrected chi connectivity index (χ3v) is 4.61. The summed E-state index contributed by atoms with van der Waals surface area (Å²) in [4.78, 5) is 34.4. The summed E-state index contributed by atoms with van der Waals surface area (Å²) in [6.45, 7) is 1.60. The summed E-state index contributed by atoms with van der Waals surface area (Å²) in [5, 5.41) is 25.5. The highest BCUT2D eigenvalue weighted by Crippen LogP contribution is 2.30. The van der Waals surface area contributed by atoms with E-state index in [4.69, 9.17) is 23.2 Å². The van der Waals surface area contributed by atoms with E-state index in [-0.39, 0.29) is 32.6 Å². The van der Waals surface area contributed by atoms with Crippen LogP contribution in [0.25, 0.3) is 6.08 Å². The highest BCUT2D eigenvalue weighted by molar-refractivity contribution is 6.34. The molecule has 1 heterocycles. The van der Waals surface area contributed by atoms with Crippen LogP contribution in [0.2, 0.25) is 10.0 Å². The van der Waals surface area contributed by atoms with Crippen molar-refractivity contribution < 1.29 is 19.6 Å². The van der Waals surface area contributed by atoms with Crippen molar-refractivity contribution in [1.29, 1.82) is 0 Å². The van der Waals surface area contributed by atoms with Gasteiger partial charge in [0.05, 0.1) is 32.5 Å². The summed E-state index contributed by atoms with van der Waals surface area (Å²) in [5.41, 5.74) is 0.773. The number of carboxylic acid groups (broad SMARTS) is 1. The molecule has 28 heavy (non-hydrogen) atoms. The number of benzene rings is 2. The summed E-state index contributed by atoms with van der Waals surface area (Å²) in [7, 11) is 0. The molecular formula is C18H11Cl2N3O5. The zero-order valence-corrected chi connectivity index (χ0v) is 15.7. The maximum atomic E-state index is 12.8. The molecule has 142 valence electrons. The Morgan fingerprint density at radius 2 is 1.89 bits per heavy atom. The Hall–Kier alpha value is -3.23. The topological polar surface area (TPSA) is 113 Å². The van der Waals surface area contributed by atoms with Crippen molar-refractivity contribution in [3.8, 4) is 0 Å². The predicted octanol–water partition coefficient (Wildman–Crippen LogP) is 4.41. The Bertz CT molecular complexity index is 1090. The number of anilines is 1. The Morgan fingerprint density at radius 1 is 1.21 bits per heavy atom. The minimum absolute atomic E-state index is 0.0146. The van der Waals surface area contributed by atoms with Gasteiger partial charge < -0.3 is 5.11 Å². The van der Waals surface area contributed by atoms with E-state index in [0.29, 0.717) is 11.3 Å². The minimum Gasteiger partial charge on any atom is -0.478 e. The van der Waals surface area contributed by atoms with Crippen molar-refractivity contribution in [1.82, 2.24) is 0 Å². The average Bonchev–Trinajstić information content (AvgIpc) is 2.91. The van der Waals surface area contributed by atoms with Crippen LogP contribution in [0.3, 0.4) is 0 Å². The van der Waals surface area contributed by atoms with Gasteiger partial charge in [0.1, 0.15) is 5.02 Å². The second kappa shape index (κ2) is 7.41. The molecule has 0 atom stereocenters. The third kappa shape index (κ3) is 3.60. The van der Waals surface area contributed by atoms with Crippen molar-refractivity contribution in [3.63, 3.8) is 0 Å². The zero-order valence-electron chi connectivity index (χ0n) is 14.2. The molecule has 0 saturated carbocycles. The van der Waals surface area contributed by atoms with Crippen LogP contribution in [0, 0.1) is 10.1 Å². The molecule has 0 spiro atoms. The van der Waals surface area contributed by atoms with E-state index in [0.717, 1.165) is 5.01 Å². The van der Waals surface area contributed by atoms with E-state index in [1.807, 2.05) is 0 Å². The summed E-state index contributed by atoms with van der Waals surface area (Å²) in [5.74, 6) is -1.74. The molecule has 0 aromatic heterocycles. The third-order valence-electron chi connectivity index (χ3n) is 3.97. The van der Waals surface area contributed by atoms with E-state index in [9.17, 15) is 24.8 Å². The lowest BCUT2D eigenvalue weighted by Gasteiger charge is -2.13. The van der Waals surface area contributed by atoms with E-state index in [1.54, 1.807) is 6.92 Å². The van der Waals surface area contributed by atoms with Gasteiger partial charge in [-0.15, -0.1) is 0 Å². The molecule has 0 unspecified atom stereocenters. The Labute approximate surface area is 168 Å². The number of hydrazone groups is 1. The molecule has 2 aromatic rings. The number of nitro groups is 1. The van der Waals surface area contributed by atoms with Gasteiger partial charge in [0.15, 0.2) is 0 Å². The second-order valence-electron chi connectivity index (χ2n) is 5.80. The quantitative estimate of drug-likeness (QED) is 0.447. The van der Waals surface area contributed by atoms with Gasteiger partial charge in [-0.2, -0.15) is 10.1 Å². The Balaban J connectivity index is 1.99. The first-order valence-corrected chi connectivity index (χ1v) is 8.53. The van der Waals surface area contributed by atoms with Crippen LogP contribution >= 0.6 is 23.2 Å². The first-order chi connectivity index (χ1) is 13.2. The standard InChI is InChI=1S/C18H11Cl2N3O5/c1-9-12(6-10-2-4-15(20)16(7-10)23(27)28)17(24)22(21-9)11-3-5-14(19)13(8-11)18(25)26/h2-8H,1H3,(H,25,26). The summed E-state index contributed by atoms with van der Waals surface area (Å²) >= 11 is 11.7.